The van der Waals surface area contributed by atoms with Gasteiger partial charge in [-0.1, -0.05) is 31.5 Å². The molecule has 3 nitrogen and oxygen atoms in total. The van der Waals surface area contributed by atoms with Gasteiger partial charge in [-0.05, 0) is 64.7 Å². The molecule has 112 valence electrons. The smallest absolute Gasteiger partial charge is 0.263 e. The van der Waals surface area contributed by atoms with Crippen molar-refractivity contribution in [3.8, 4) is 0 Å². The van der Waals surface area contributed by atoms with Crippen LogP contribution in [-0.4, -0.2) is 8.42 Å². The zero-order valence-electron chi connectivity index (χ0n) is 12.1. The Labute approximate surface area is 134 Å². The Morgan fingerprint density at radius 2 is 1.76 bits per heavy atom. The van der Waals surface area contributed by atoms with Crippen LogP contribution in [0.15, 0.2) is 51.8 Å². The van der Waals surface area contributed by atoms with E-state index >= 15 is 0 Å². The van der Waals surface area contributed by atoms with Gasteiger partial charge in [-0.25, -0.2) is 8.42 Å². The monoisotopic (exact) mass is 367 g/mol. The Balaban J connectivity index is 2.24. The molecule has 0 aliphatic carbocycles. The Hall–Kier alpha value is -1.33. The summed E-state index contributed by atoms with van der Waals surface area (Å²) in [6, 6.07) is 12.7. The third-order valence-electron chi connectivity index (χ3n) is 3.12. The van der Waals surface area contributed by atoms with Crippen molar-refractivity contribution in [1.29, 1.82) is 0 Å². The summed E-state index contributed by atoms with van der Waals surface area (Å²) in [6.45, 7) is 4.03. The van der Waals surface area contributed by atoms with Crippen LogP contribution in [0.2, 0.25) is 0 Å². The van der Waals surface area contributed by atoms with Gasteiger partial charge in [-0.15, -0.1) is 0 Å². The van der Waals surface area contributed by atoms with Crippen LogP contribution in [0.5, 0.6) is 0 Å². The zero-order valence-corrected chi connectivity index (χ0v) is 14.5. The van der Waals surface area contributed by atoms with Crippen LogP contribution >= 0.6 is 15.9 Å². The lowest BCUT2D eigenvalue weighted by molar-refractivity contribution is 0.600. The lowest BCUT2D eigenvalue weighted by Crippen LogP contribution is -2.13. The fourth-order valence-corrected chi connectivity index (χ4v) is 4.31. The number of nitrogens with one attached hydrogen (secondary N) is 1. The van der Waals surface area contributed by atoms with Gasteiger partial charge in [-0.3, -0.25) is 4.72 Å². The maximum atomic E-state index is 12.4. The molecule has 0 fully saturated rings. The summed E-state index contributed by atoms with van der Waals surface area (Å²) < 4.78 is 28.0. The number of halogens is 1. The van der Waals surface area contributed by atoms with Crippen molar-refractivity contribution in [2.24, 2.45) is 0 Å². The summed E-state index contributed by atoms with van der Waals surface area (Å²) in [5, 5.41) is 0. The van der Waals surface area contributed by atoms with E-state index in [1.54, 1.807) is 30.3 Å². The Morgan fingerprint density at radius 3 is 2.33 bits per heavy atom. The van der Waals surface area contributed by atoms with Crippen LogP contribution < -0.4 is 4.72 Å². The average molecular weight is 368 g/mol. The molecule has 0 aliphatic rings. The molecular formula is C16H18BrNO2S. The third-order valence-corrected chi connectivity index (χ3v) is 5.48. The van der Waals surface area contributed by atoms with Crippen LogP contribution in [0.25, 0.3) is 0 Å². The van der Waals surface area contributed by atoms with Crippen LogP contribution in [0.4, 0.5) is 5.69 Å². The number of rotatable bonds is 5. The van der Waals surface area contributed by atoms with Crippen molar-refractivity contribution in [2.45, 2.75) is 31.6 Å². The van der Waals surface area contributed by atoms with Crippen molar-refractivity contribution in [2.75, 3.05) is 4.72 Å². The SMILES string of the molecule is CCCc1ccc(NS(=O)(=O)c2ccc(C)cc2Br)cc1. The van der Waals surface area contributed by atoms with Gasteiger partial charge in [0.25, 0.3) is 10.0 Å². The van der Waals surface area contributed by atoms with E-state index in [1.165, 1.54) is 5.56 Å². The normalized spacial score (nSPS) is 11.4. The van der Waals surface area contributed by atoms with Crippen LogP contribution in [-0.2, 0) is 16.4 Å². The van der Waals surface area contributed by atoms with E-state index in [-0.39, 0.29) is 4.90 Å². The predicted octanol–water partition coefficient (Wildman–Crippen LogP) is 4.51. The molecule has 2 aromatic rings. The summed E-state index contributed by atoms with van der Waals surface area (Å²) in [5.74, 6) is 0. The lowest BCUT2D eigenvalue weighted by Gasteiger charge is -2.10. The summed E-state index contributed by atoms with van der Waals surface area (Å²) in [7, 11) is -3.58. The minimum Gasteiger partial charge on any atom is -0.280 e. The van der Waals surface area contributed by atoms with Gasteiger partial charge in [-0.2, -0.15) is 0 Å². The highest BCUT2D eigenvalue weighted by Gasteiger charge is 2.17. The molecule has 0 heterocycles. The van der Waals surface area contributed by atoms with Crippen LogP contribution in [0.3, 0.4) is 0 Å². The second kappa shape index (κ2) is 6.62. The molecular weight excluding hydrogens is 350 g/mol. The quantitative estimate of drug-likeness (QED) is 0.844. The first kappa shape index (κ1) is 16.0. The van der Waals surface area contributed by atoms with Gasteiger partial charge in [0, 0.05) is 10.2 Å². The van der Waals surface area contributed by atoms with E-state index in [4.69, 9.17) is 0 Å². The lowest BCUT2D eigenvalue weighted by atomic mass is 10.1. The van der Waals surface area contributed by atoms with E-state index in [1.807, 2.05) is 19.1 Å². The van der Waals surface area contributed by atoms with Gasteiger partial charge < -0.3 is 0 Å². The Morgan fingerprint density at radius 1 is 1.10 bits per heavy atom. The molecule has 0 saturated carbocycles. The standard InChI is InChI=1S/C16H18BrNO2S/c1-3-4-13-6-8-14(9-7-13)18-21(19,20)16-10-5-12(2)11-15(16)17/h5-11,18H,3-4H2,1-2H3. The molecule has 0 spiro atoms. The molecule has 21 heavy (non-hydrogen) atoms. The van der Waals surface area contributed by atoms with Crippen molar-refractivity contribution in [3.63, 3.8) is 0 Å². The van der Waals surface area contributed by atoms with Gasteiger partial charge in [0.15, 0.2) is 0 Å². The summed E-state index contributed by atoms with van der Waals surface area (Å²) in [5.41, 5.74) is 2.78. The van der Waals surface area contributed by atoms with E-state index in [0.717, 1.165) is 18.4 Å². The minimum atomic E-state index is -3.58. The molecule has 2 rings (SSSR count). The topological polar surface area (TPSA) is 46.2 Å². The summed E-state index contributed by atoms with van der Waals surface area (Å²) in [4.78, 5) is 0.241. The minimum absolute atomic E-state index is 0.241. The number of hydrogen-bond acceptors (Lipinski definition) is 2. The van der Waals surface area contributed by atoms with E-state index in [2.05, 4.69) is 27.6 Å². The predicted molar refractivity (Wildman–Crippen MR) is 90.1 cm³/mol. The van der Waals surface area contributed by atoms with Gasteiger partial charge in [0.1, 0.15) is 4.90 Å². The molecule has 0 aromatic heterocycles. The molecule has 2 aromatic carbocycles. The largest absolute Gasteiger partial charge is 0.280 e. The molecule has 1 N–H and O–H groups in total. The Bertz CT molecular complexity index is 724. The second-order valence-corrected chi connectivity index (χ2v) is 7.49. The van der Waals surface area contributed by atoms with E-state index < -0.39 is 10.0 Å². The maximum absolute atomic E-state index is 12.4. The first-order valence-corrected chi connectivity index (χ1v) is 9.08. The first-order chi connectivity index (χ1) is 9.92. The molecule has 0 amide bonds. The maximum Gasteiger partial charge on any atom is 0.263 e. The van der Waals surface area contributed by atoms with E-state index in [0.29, 0.717) is 10.2 Å². The van der Waals surface area contributed by atoms with Gasteiger partial charge in [0.2, 0.25) is 0 Å². The summed E-state index contributed by atoms with van der Waals surface area (Å²) >= 11 is 3.31. The molecule has 0 aliphatic heterocycles. The van der Waals surface area contributed by atoms with Crippen LogP contribution in [0.1, 0.15) is 24.5 Å². The van der Waals surface area contributed by atoms with E-state index in [9.17, 15) is 8.42 Å². The number of anilines is 1. The van der Waals surface area contributed by atoms with Crippen molar-refractivity contribution < 1.29 is 8.42 Å². The molecule has 0 bridgehead atoms. The van der Waals surface area contributed by atoms with Crippen molar-refractivity contribution in [3.05, 3.63) is 58.1 Å². The fourth-order valence-electron chi connectivity index (χ4n) is 2.06. The molecule has 0 radical (unpaired) electrons. The number of benzene rings is 2. The highest BCUT2D eigenvalue weighted by Crippen LogP contribution is 2.25. The van der Waals surface area contributed by atoms with Crippen LogP contribution in [0, 0.1) is 6.92 Å². The first-order valence-electron chi connectivity index (χ1n) is 6.80. The number of aryl methyl sites for hydroxylation is 2. The Kier molecular flexibility index (Phi) is 5.06. The average Bonchev–Trinajstić information content (AvgIpc) is 2.40. The highest BCUT2D eigenvalue weighted by molar-refractivity contribution is 9.10. The summed E-state index contributed by atoms with van der Waals surface area (Å²) in [6.07, 6.45) is 2.07. The fraction of sp³-hybridized carbons (Fsp3) is 0.250. The molecule has 0 atom stereocenters. The van der Waals surface area contributed by atoms with Crippen molar-refractivity contribution in [1.82, 2.24) is 0 Å². The van der Waals surface area contributed by atoms with Gasteiger partial charge >= 0.3 is 0 Å². The second-order valence-electron chi connectivity index (χ2n) is 4.99. The number of sulfonamides is 1. The number of hydrogen-bond donors (Lipinski definition) is 1. The van der Waals surface area contributed by atoms with Gasteiger partial charge in [0.05, 0.1) is 0 Å². The third kappa shape index (κ3) is 4.08. The highest BCUT2D eigenvalue weighted by atomic mass is 79.9. The molecule has 5 heteroatoms. The molecule has 0 unspecified atom stereocenters. The zero-order chi connectivity index (χ0) is 15.5. The molecule has 0 saturated heterocycles. The van der Waals surface area contributed by atoms with Crippen molar-refractivity contribution >= 4 is 31.6 Å².